The molecule has 2 aromatic carbocycles. The van der Waals surface area contributed by atoms with Crippen LogP contribution < -0.4 is 10.6 Å². The van der Waals surface area contributed by atoms with Gasteiger partial charge in [0, 0.05) is 22.0 Å². The van der Waals surface area contributed by atoms with E-state index >= 15 is 0 Å². The van der Waals surface area contributed by atoms with Crippen molar-refractivity contribution >= 4 is 29.0 Å². The van der Waals surface area contributed by atoms with Crippen LogP contribution in [0.15, 0.2) is 53.4 Å². The third kappa shape index (κ3) is 3.43. The first kappa shape index (κ1) is 14.9. The van der Waals surface area contributed by atoms with Crippen LogP contribution in [-0.2, 0) is 4.79 Å². The molecule has 1 unspecified atom stereocenters. The van der Waals surface area contributed by atoms with Crippen molar-refractivity contribution in [3.8, 4) is 0 Å². The Morgan fingerprint density at radius 2 is 2.00 bits per heavy atom. The Labute approximate surface area is 133 Å². The molecular weight excluding hydrogens is 296 g/mol. The van der Waals surface area contributed by atoms with E-state index in [9.17, 15) is 4.79 Å². The summed E-state index contributed by atoms with van der Waals surface area (Å²) in [5.41, 5.74) is 2.97. The molecule has 114 valence electrons. The smallest absolute Gasteiger partial charge is 0.250 e. The monoisotopic (exact) mass is 314 g/mol. The molecule has 0 bridgehead atoms. The van der Waals surface area contributed by atoms with Crippen LogP contribution in [0.3, 0.4) is 0 Å². The lowest BCUT2D eigenvalue weighted by Gasteiger charge is -2.27. The van der Waals surface area contributed by atoms with E-state index in [1.54, 1.807) is 0 Å². The molecule has 0 spiro atoms. The predicted octanol–water partition coefficient (Wildman–Crippen LogP) is 3.27. The fraction of sp³-hybridized carbons (Fsp3) is 0.235. The number of nitrogens with one attached hydrogen (secondary N) is 2. The van der Waals surface area contributed by atoms with Gasteiger partial charge in [0.25, 0.3) is 0 Å². The van der Waals surface area contributed by atoms with Crippen molar-refractivity contribution in [2.45, 2.75) is 17.4 Å². The second kappa shape index (κ2) is 6.85. The summed E-state index contributed by atoms with van der Waals surface area (Å²) in [5, 5.41) is 15.0. The van der Waals surface area contributed by atoms with Crippen LogP contribution in [0.1, 0.15) is 18.0 Å². The van der Waals surface area contributed by atoms with Crippen LogP contribution in [0, 0.1) is 0 Å². The topological polar surface area (TPSA) is 61.4 Å². The highest BCUT2D eigenvalue weighted by Crippen LogP contribution is 2.37. The molecule has 0 aromatic heterocycles. The zero-order valence-electron chi connectivity index (χ0n) is 12.1. The summed E-state index contributed by atoms with van der Waals surface area (Å²) in [4.78, 5) is 12.6. The summed E-state index contributed by atoms with van der Waals surface area (Å²) in [7, 11) is 0. The van der Waals surface area contributed by atoms with Crippen LogP contribution in [0.2, 0.25) is 0 Å². The number of amides is 1. The number of fused-ring (bicyclic) bond motifs is 1. The van der Waals surface area contributed by atoms with Gasteiger partial charge in [0.1, 0.15) is 6.61 Å². The molecule has 0 saturated heterocycles. The van der Waals surface area contributed by atoms with Crippen LogP contribution in [0.25, 0.3) is 0 Å². The molecule has 0 radical (unpaired) electrons. The first-order valence-electron chi connectivity index (χ1n) is 7.25. The van der Waals surface area contributed by atoms with E-state index < -0.39 is 12.5 Å². The number of carbonyl (C=O) groups excluding carboxylic acids is 1. The number of hydrogen-bond acceptors (Lipinski definition) is 4. The second-order valence-corrected chi connectivity index (χ2v) is 6.30. The summed E-state index contributed by atoms with van der Waals surface area (Å²) in [5.74, 6) is 0.687. The van der Waals surface area contributed by atoms with Crippen molar-refractivity contribution in [2.75, 3.05) is 23.0 Å². The minimum atomic E-state index is -0.509. The SMILES string of the molecule is O=C(CO)Nc1cccc(NC2CCSc3ccccc32)c1. The number of anilines is 2. The maximum atomic E-state index is 11.3. The largest absolute Gasteiger partial charge is 0.387 e. The van der Waals surface area contributed by atoms with Crippen molar-refractivity contribution in [2.24, 2.45) is 0 Å². The third-order valence-corrected chi connectivity index (χ3v) is 4.71. The number of carbonyl (C=O) groups is 1. The second-order valence-electron chi connectivity index (χ2n) is 5.16. The van der Waals surface area contributed by atoms with Gasteiger partial charge in [-0.3, -0.25) is 4.79 Å². The van der Waals surface area contributed by atoms with E-state index in [0.717, 1.165) is 17.9 Å². The Bertz CT molecular complexity index is 675. The fourth-order valence-electron chi connectivity index (χ4n) is 2.58. The van der Waals surface area contributed by atoms with Gasteiger partial charge in [-0.25, -0.2) is 0 Å². The van der Waals surface area contributed by atoms with E-state index in [4.69, 9.17) is 5.11 Å². The van der Waals surface area contributed by atoms with E-state index in [-0.39, 0.29) is 6.04 Å². The zero-order valence-corrected chi connectivity index (χ0v) is 12.9. The number of aliphatic hydroxyl groups excluding tert-OH is 1. The first-order valence-corrected chi connectivity index (χ1v) is 8.24. The highest BCUT2D eigenvalue weighted by molar-refractivity contribution is 7.99. The van der Waals surface area contributed by atoms with Crippen molar-refractivity contribution in [1.29, 1.82) is 0 Å². The number of hydrogen-bond donors (Lipinski definition) is 3. The van der Waals surface area contributed by atoms with E-state index in [1.807, 2.05) is 36.0 Å². The van der Waals surface area contributed by atoms with Gasteiger partial charge in [-0.05, 0) is 36.2 Å². The molecule has 1 heterocycles. The molecule has 0 aliphatic carbocycles. The van der Waals surface area contributed by atoms with Crippen LogP contribution in [0.5, 0.6) is 0 Å². The molecule has 3 rings (SSSR count). The fourth-order valence-corrected chi connectivity index (χ4v) is 3.71. The van der Waals surface area contributed by atoms with Gasteiger partial charge >= 0.3 is 0 Å². The van der Waals surface area contributed by atoms with Crippen molar-refractivity contribution in [3.05, 3.63) is 54.1 Å². The molecule has 2 aromatic rings. The Kier molecular flexibility index (Phi) is 4.65. The predicted molar refractivity (Wildman–Crippen MR) is 90.3 cm³/mol. The van der Waals surface area contributed by atoms with Crippen molar-refractivity contribution < 1.29 is 9.90 Å². The number of thioether (sulfide) groups is 1. The summed E-state index contributed by atoms with van der Waals surface area (Å²) in [6, 6.07) is 16.3. The average Bonchev–Trinajstić information content (AvgIpc) is 2.55. The highest BCUT2D eigenvalue weighted by Gasteiger charge is 2.20. The minimum absolute atomic E-state index is 0.279. The molecule has 1 aliphatic rings. The average molecular weight is 314 g/mol. The van der Waals surface area contributed by atoms with Gasteiger partial charge in [-0.15, -0.1) is 11.8 Å². The van der Waals surface area contributed by atoms with E-state index in [2.05, 4.69) is 34.9 Å². The van der Waals surface area contributed by atoms with Crippen LogP contribution in [-0.4, -0.2) is 23.4 Å². The lowest BCUT2D eigenvalue weighted by molar-refractivity contribution is -0.118. The lowest BCUT2D eigenvalue weighted by Crippen LogP contribution is -2.17. The normalized spacial score (nSPS) is 16.7. The van der Waals surface area contributed by atoms with Gasteiger partial charge in [0.05, 0.1) is 6.04 Å². The summed E-state index contributed by atoms with van der Waals surface area (Å²) in [6.45, 7) is -0.509. The molecule has 22 heavy (non-hydrogen) atoms. The first-order chi connectivity index (χ1) is 10.8. The van der Waals surface area contributed by atoms with E-state index in [0.29, 0.717) is 5.69 Å². The molecule has 3 N–H and O–H groups in total. The summed E-state index contributed by atoms with van der Waals surface area (Å²) >= 11 is 1.89. The quantitative estimate of drug-likeness (QED) is 0.810. The maximum Gasteiger partial charge on any atom is 0.250 e. The molecule has 1 amide bonds. The summed E-state index contributed by atoms with van der Waals surface area (Å²) in [6.07, 6.45) is 1.06. The minimum Gasteiger partial charge on any atom is -0.387 e. The number of aliphatic hydroxyl groups is 1. The van der Waals surface area contributed by atoms with Crippen LogP contribution in [0.4, 0.5) is 11.4 Å². The zero-order chi connectivity index (χ0) is 15.4. The van der Waals surface area contributed by atoms with Gasteiger partial charge in [-0.1, -0.05) is 24.3 Å². The Hall–Kier alpha value is -1.98. The standard InChI is InChI=1S/C17H18N2O2S/c20-11-17(21)19-13-5-3-4-12(10-13)18-15-8-9-22-16-7-2-1-6-14(15)16/h1-7,10,15,18,20H,8-9,11H2,(H,19,21). The number of benzene rings is 2. The van der Waals surface area contributed by atoms with Gasteiger partial charge in [0.2, 0.25) is 5.91 Å². The van der Waals surface area contributed by atoms with Crippen LogP contribution >= 0.6 is 11.8 Å². The molecular formula is C17H18N2O2S. The van der Waals surface area contributed by atoms with Gasteiger partial charge < -0.3 is 15.7 Å². The Morgan fingerprint density at radius 1 is 1.18 bits per heavy atom. The van der Waals surface area contributed by atoms with Gasteiger partial charge in [-0.2, -0.15) is 0 Å². The van der Waals surface area contributed by atoms with Crippen molar-refractivity contribution in [1.82, 2.24) is 0 Å². The molecule has 5 heteroatoms. The van der Waals surface area contributed by atoms with Crippen molar-refractivity contribution in [3.63, 3.8) is 0 Å². The third-order valence-electron chi connectivity index (χ3n) is 3.59. The lowest BCUT2D eigenvalue weighted by atomic mass is 10.0. The molecule has 1 atom stereocenters. The van der Waals surface area contributed by atoms with Gasteiger partial charge in [0.15, 0.2) is 0 Å². The Morgan fingerprint density at radius 3 is 2.86 bits per heavy atom. The molecule has 1 aliphatic heterocycles. The molecule has 0 fully saturated rings. The molecule has 0 saturated carbocycles. The maximum absolute atomic E-state index is 11.3. The number of rotatable bonds is 4. The Balaban J connectivity index is 1.77. The highest BCUT2D eigenvalue weighted by atomic mass is 32.2. The molecule has 4 nitrogen and oxygen atoms in total. The van der Waals surface area contributed by atoms with E-state index in [1.165, 1.54) is 10.5 Å². The summed E-state index contributed by atoms with van der Waals surface area (Å²) < 4.78 is 0.